The van der Waals surface area contributed by atoms with Crippen LogP contribution in [0.5, 0.6) is 5.75 Å². The summed E-state index contributed by atoms with van der Waals surface area (Å²) >= 11 is 24.1. The predicted molar refractivity (Wildman–Crippen MR) is 113 cm³/mol. The Labute approximate surface area is 180 Å². The van der Waals surface area contributed by atoms with Gasteiger partial charge in [0.05, 0.1) is 9.93 Å². The molecule has 27 heavy (non-hydrogen) atoms. The molecule has 2 amide bonds. The second kappa shape index (κ2) is 8.63. The van der Waals surface area contributed by atoms with E-state index in [0.29, 0.717) is 20.5 Å². The molecule has 4 nitrogen and oxygen atoms in total. The van der Waals surface area contributed by atoms with Gasteiger partial charge in [-0.3, -0.25) is 9.59 Å². The molecule has 3 rings (SSSR count). The molecule has 0 aromatic heterocycles. The van der Waals surface area contributed by atoms with Crippen molar-refractivity contribution in [1.29, 1.82) is 0 Å². The van der Waals surface area contributed by atoms with E-state index in [4.69, 9.17) is 51.8 Å². The molecule has 1 fully saturated rings. The first-order valence-electron chi connectivity index (χ1n) is 7.50. The lowest BCUT2D eigenvalue weighted by Gasteiger charge is -2.13. The van der Waals surface area contributed by atoms with Crippen molar-refractivity contribution in [3.63, 3.8) is 0 Å². The Balaban J connectivity index is 1.73. The average Bonchev–Trinajstić information content (AvgIpc) is 2.89. The largest absolute Gasteiger partial charge is 0.482 e. The van der Waals surface area contributed by atoms with Crippen LogP contribution in [0.4, 0.5) is 0 Å². The molecule has 0 aliphatic carbocycles. The van der Waals surface area contributed by atoms with Gasteiger partial charge in [0.2, 0.25) is 0 Å². The van der Waals surface area contributed by atoms with Crippen molar-refractivity contribution in [2.75, 3.05) is 6.61 Å². The van der Waals surface area contributed by atoms with Crippen LogP contribution in [0, 0.1) is 0 Å². The molecule has 1 aliphatic heterocycles. The monoisotopic (exact) mass is 457 g/mol. The van der Waals surface area contributed by atoms with Crippen molar-refractivity contribution in [3.05, 3.63) is 68.0 Å². The number of ether oxygens (including phenoxy) is 1. The quantitative estimate of drug-likeness (QED) is 0.450. The van der Waals surface area contributed by atoms with Gasteiger partial charge in [-0.1, -0.05) is 77.0 Å². The summed E-state index contributed by atoms with van der Waals surface area (Å²) < 4.78 is 5.53. The first-order chi connectivity index (χ1) is 12.9. The minimum Gasteiger partial charge on any atom is -0.482 e. The highest BCUT2D eigenvalue weighted by molar-refractivity contribution is 8.26. The first-order valence-corrected chi connectivity index (χ1v) is 9.86. The van der Waals surface area contributed by atoms with Gasteiger partial charge in [0, 0.05) is 10.0 Å². The van der Waals surface area contributed by atoms with Crippen molar-refractivity contribution in [3.8, 4) is 5.75 Å². The summed E-state index contributed by atoms with van der Waals surface area (Å²) in [7, 11) is 0. The van der Waals surface area contributed by atoms with Crippen molar-refractivity contribution in [2.45, 2.75) is 0 Å². The number of rotatable bonds is 4. The topological polar surface area (TPSA) is 46.6 Å². The number of halogens is 3. The maximum Gasteiger partial charge on any atom is 0.273 e. The molecule has 0 atom stereocenters. The van der Waals surface area contributed by atoms with Gasteiger partial charge < -0.3 is 4.74 Å². The highest BCUT2D eigenvalue weighted by Crippen LogP contribution is 2.34. The lowest BCUT2D eigenvalue weighted by atomic mass is 10.2. The van der Waals surface area contributed by atoms with Gasteiger partial charge in [-0.15, -0.1) is 0 Å². The zero-order chi connectivity index (χ0) is 19.6. The molecule has 2 aromatic rings. The SMILES string of the molecule is O=C(COc1ccc(Cl)cc1Cl)N1C(=O)/C(=C/c2ccccc2Cl)SC1=S. The maximum atomic E-state index is 12.6. The van der Waals surface area contributed by atoms with Gasteiger partial charge in [-0.05, 0) is 35.9 Å². The number of carbonyl (C=O) groups is 2. The van der Waals surface area contributed by atoms with E-state index in [1.54, 1.807) is 42.5 Å². The molecular formula is C18H10Cl3NO3S2. The van der Waals surface area contributed by atoms with Gasteiger partial charge in [0.25, 0.3) is 11.8 Å². The van der Waals surface area contributed by atoms with Gasteiger partial charge in [-0.2, -0.15) is 0 Å². The number of thiocarbonyl (C=S) groups is 1. The second-order valence-corrected chi connectivity index (χ2v) is 8.22. The fourth-order valence-electron chi connectivity index (χ4n) is 2.21. The van der Waals surface area contributed by atoms with E-state index in [9.17, 15) is 9.59 Å². The number of amides is 2. The van der Waals surface area contributed by atoms with E-state index in [2.05, 4.69) is 0 Å². The number of carbonyl (C=O) groups excluding carboxylic acids is 2. The van der Waals surface area contributed by atoms with E-state index < -0.39 is 18.4 Å². The van der Waals surface area contributed by atoms with Gasteiger partial charge in [0.15, 0.2) is 10.9 Å². The summed E-state index contributed by atoms with van der Waals surface area (Å²) in [5.41, 5.74) is 0.663. The second-order valence-electron chi connectivity index (χ2n) is 5.30. The van der Waals surface area contributed by atoms with Crippen LogP contribution >= 0.6 is 58.8 Å². The van der Waals surface area contributed by atoms with Crippen molar-refractivity contribution >= 4 is 81.0 Å². The summed E-state index contributed by atoms with van der Waals surface area (Å²) in [6, 6.07) is 11.7. The normalized spacial score (nSPS) is 15.5. The Kier molecular flexibility index (Phi) is 6.44. The number of imide groups is 1. The Bertz CT molecular complexity index is 978. The van der Waals surface area contributed by atoms with Crippen LogP contribution in [0.25, 0.3) is 6.08 Å². The van der Waals surface area contributed by atoms with Crippen molar-refractivity contribution < 1.29 is 14.3 Å². The van der Waals surface area contributed by atoms with Crippen molar-refractivity contribution in [1.82, 2.24) is 4.90 Å². The molecule has 2 aromatic carbocycles. The highest BCUT2D eigenvalue weighted by Gasteiger charge is 2.37. The fourth-order valence-corrected chi connectivity index (χ4v) is 4.15. The Morgan fingerprint density at radius 2 is 1.89 bits per heavy atom. The molecule has 0 N–H and O–H groups in total. The molecule has 0 spiro atoms. The van der Waals surface area contributed by atoms with Crippen LogP contribution in [0.2, 0.25) is 15.1 Å². The van der Waals surface area contributed by atoms with E-state index >= 15 is 0 Å². The minimum absolute atomic E-state index is 0.133. The van der Waals surface area contributed by atoms with Crippen molar-refractivity contribution in [2.24, 2.45) is 0 Å². The summed E-state index contributed by atoms with van der Waals surface area (Å²) in [5, 5.41) is 1.20. The number of hydrogen-bond acceptors (Lipinski definition) is 5. The van der Waals surface area contributed by atoms with E-state index in [0.717, 1.165) is 16.7 Å². The smallest absolute Gasteiger partial charge is 0.273 e. The number of hydrogen-bond donors (Lipinski definition) is 0. The highest BCUT2D eigenvalue weighted by atomic mass is 35.5. The zero-order valence-corrected chi connectivity index (χ0v) is 17.3. The Hall–Kier alpha value is -1.57. The van der Waals surface area contributed by atoms with Gasteiger partial charge >= 0.3 is 0 Å². The molecule has 0 radical (unpaired) electrons. The molecule has 1 heterocycles. The Morgan fingerprint density at radius 1 is 1.15 bits per heavy atom. The zero-order valence-electron chi connectivity index (χ0n) is 13.4. The molecule has 9 heteroatoms. The molecule has 1 aliphatic rings. The molecule has 1 saturated heterocycles. The summed E-state index contributed by atoms with van der Waals surface area (Å²) in [6.45, 7) is -0.396. The van der Waals surface area contributed by atoms with E-state index in [1.165, 1.54) is 6.07 Å². The molecule has 0 bridgehead atoms. The van der Waals surface area contributed by atoms with E-state index in [-0.39, 0.29) is 15.1 Å². The average molecular weight is 459 g/mol. The lowest BCUT2D eigenvalue weighted by Crippen LogP contribution is -2.38. The van der Waals surface area contributed by atoms with E-state index in [1.807, 2.05) is 0 Å². The standard InChI is InChI=1S/C18H10Cl3NO3S2/c19-11-5-6-14(13(21)8-11)25-9-16(23)22-17(24)15(27-18(22)26)7-10-3-1-2-4-12(10)20/h1-8H,9H2/b15-7-. The summed E-state index contributed by atoms with van der Waals surface area (Å²) in [4.78, 5) is 26.2. The molecule has 0 saturated carbocycles. The van der Waals surface area contributed by atoms with Crippen LogP contribution in [0.3, 0.4) is 0 Å². The number of thioether (sulfide) groups is 1. The van der Waals surface area contributed by atoms with Gasteiger partial charge in [-0.25, -0.2) is 4.90 Å². The Morgan fingerprint density at radius 3 is 2.59 bits per heavy atom. The fraction of sp³-hybridized carbons (Fsp3) is 0.0556. The number of nitrogens with zero attached hydrogens (tertiary/aromatic N) is 1. The third-order valence-electron chi connectivity index (χ3n) is 3.48. The van der Waals surface area contributed by atoms with Crippen LogP contribution in [0.15, 0.2) is 47.4 Å². The van der Waals surface area contributed by atoms with Crippen LogP contribution in [-0.4, -0.2) is 27.6 Å². The minimum atomic E-state index is -0.592. The molecule has 138 valence electrons. The van der Waals surface area contributed by atoms with Crippen LogP contribution in [-0.2, 0) is 9.59 Å². The molecule has 0 unspecified atom stereocenters. The van der Waals surface area contributed by atoms with Crippen LogP contribution < -0.4 is 4.74 Å². The molecular weight excluding hydrogens is 449 g/mol. The first kappa shape index (κ1) is 20.2. The third-order valence-corrected chi connectivity index (χ3v) is 5.66. The predicted octanol–water partition coefficient (Wildman–Crippen LogP) is 5.45. The number of benzene rings is 2. The summed E-state index contributed by atoms with van der Waals surface area (Å²) in [5.74, 6) is -0.821. The summed E-state index contributed by atoms with van der Waals surface area (Å²) in [6.07, 6.45) is 1.60. The third kappa shape index (κ3) is 4.65. The lowest BCUT2D eigenvalue weighted by molar-refractivity contribution is -0.137. The van der Waals surface area contributed by atoms with Gasteiger partial charge in [0.1, 0.15) is 5.75 Å². The van der Waals surface area contributed by atoms with Crippen LogP contribution in [0.1, 0.15) is 5.56 Å². The maximum absolute atomic E-state index is 12.6.